The molecule has 0 aliphatic carbocycles. The van der Waals surface area contributed by atoms with Gasteiger partial charge in [-0.3, -0.25) is 4.79 Å². The van der Waals surface area contributed by atoms with Crippen LogP contribution in [-0.2, 0) is 15.2 Å². The van der Waals surface area contributed by atoms with Crippen LogP contribution >= 0.6 is 22.1 Å². The van der Waals surface area contributed by atoms with Crippen LogP contribution in [0.1, 0.15) is 46.1 Å². The number of rotatable bonds is 9. The molecule has 222 valence electrons. The lowest BCUT2D eigenvalue weighted by Gasteiger charge is -2.51. The largest absolute Gasteiger partial charge is 0.497 e. The number of nitrogens with zero attached hydrogens (tertiary/aromatic N) is 1. The van der Waals surface area contributed by atoms with Gasteiger partial charge >= 0.3 is 6.18 Å². The molecule has 1 unspecified atom stereocenters. The molecular weight excluding hydrogens is 569 g/mol. The van der Waals surface area contributed by atoms with E-state index in [9.17, 15) is 18.0 Å². The number of ether oxygens (including phenoxy) is 1. The van der Waals surface area contributed by atoms with E-state index in [1.807, 2.05) is 43.3 Å². The lowest BCUT2D eigenvalue weighted by Crippen LogP contribution is -2.35. The van der Waals surface area contributed by atoms with Crippen molar-refractivity contribution < 1.29 is 26.9 Å². The van der Waals surface area contributed by atoms with Crippen LogP contribution in [0.3, 0.4) is 0 Å². The smallest absolute Gasteiger partial charge is 0.416 e. The van der Waals surface area contributed by atoms with Crippen LogP contribution in [-0.4, -0.2) is 35.3 Å². The zero-order chi connectivity index (χ0) is 30.3. The molecule has 0 radical (unpaired) electrons. The van der Waals surface area contributed by atoms with Crippen LogP contribution in [0.25, 0.3) is 0 Å². The highest BCUT2D eigenvalue weighted by Gasteiger charge is 2.43. The van der Waals surface area contributed by atoms with Crippen molar-refractivity contribution in [3.05, 3.63) is 84.4 Å². The van der Waals surface area contributed by atoms with Gasteiger partial charge in [0.2, 0.25) is 5.91 Å². The number of hydrogen-bond donors (Lipinski definition) is 1. The van der Waals surface area contributed by atoms with Crippen molar-refractivity contribution in [3.63, 3.8) is 0 Å². The Morgan fingerprint density at radius 3 is 1.98 bits per heavy atom. The Kier molecular flexibility index (Phi) is 11.0. The van der Waals surface area contributed by atoms with Gasteiger partial charge in [0.1, 0.15) is 5.75 Å². The zero-order valence-electron chi connectivity index (χ0n) is 24.1. The van der Waals surface area contributed by atoms with E-state index >= 15 is 0 Å². The maximum Gasteiger partial charge on any atom is 0.416 e. The molecular formula is C31H37F3N2O3S2. The number of aliphatic imine (C=N–C) groups is 1. The van der Waals surface area contributed by atoms with Crippen LogP contribution < -0.4 is 10.1 Å². The Balaban J connectivity index is 1.91. The van der Waals surface area contributed by atoms with Gasteiger partial charge < -0.3 is 14.2 Å². The minimum atomic E-state index is -4.56. The van der Waals surface area contributed by atoms with Crippen molar-refractivity contribution in [2.24, 2.45) is 4.99 Å². The number of carbonyl (C=O) groups excluding carboxylic acids is 1. The van der Waals surface area contributed by atoms with Crippen molar-refractivity contribution in [1.29, 1.82) is 0 Å². The number of benzene rings is 3. The predicted molar refractivity (Wildman–Crippen MR) is 163 cm³/mol. The van der Waals surface area contributed by atoms with Crippen LogP contribution in [0.5, 0.6) is 5.75 Å². The van der Waals surface area contributed by atoms with E-state index in [4.69, 9.17) is 8.92 Å². The van der Waals surface area contributed by atoms with Gasteiger partial charge in [0.15, 0.2) is 5.17 Å². The highest BCUT2D eigenvalue weighted by molar-refractivity contribution is 8.31. The Hall–Kier alpha value is -2.95. The molecule has 10 heteroatoms. The summed E-state index contributed by atoms with van der Waals surface area (Å²) in [5.74, 6) is -0.319. The van der Waals surface area contributed by atoms with Crippen molar-refractivity contribution in [1.82, 2.24) is 5.32 Å². The summed E-state index contributed by atoms with van der Waals surface area (Å²) in [6, 6.07) is 23.4. The number of thioether (sulfide) groups is 1. The lowest BCUT2D eigenvalue weighted by molar-refractivity contribution is -0.137. The molecule has 3 aromatic rings. The third-order valence-electron chi connectivity index (χ3n) is 6.29. The summed E-state index contributed by atoms with van der Waals surface area (Å²) in [5, 5.41) is 2.93. The molecule has 1 N–H and O–H groups in total. The first-order chi connectivity index (χ1) is 19.3. The second-order valence-electron chi connectivity index (χ2n) is 10.2. The van der Waals surface area contributed by atoms with Gasteiger partial charge in [-0.2, -0.15) is 13.2 Å². The molecule has 5 nitrogen and oxygen atoms in total. The van der Waals surface area contributed by atoms with Crippen LogP contribution in [0.15, 0.2) is 93.6 Å². The first kappa shape index (κ1) is 32.6. The second-order valence-corrected chi connectivity index (χ2v) is 14.5. The van der Waals surface area contributed by atoms with Gasteiger partial charge in [0.25, 0.3) is 0 Å². The summed E-state index contributed by atoms with van der Waals surface area (Å²) in [5.41, 5.74) is -0.862. The monoisotopic (exact) mass is 606 g/mol. The number of carbonyl (C=O) groups is 1. The molecule has 0 fully saturated rings. The van der Waals surface area contributed by atoms with E-state index in [-0.39, 0.29) is 33.7 Å². The molecule has 0 bridgehead atoms. The molecule has 0 aromatic heterocycles. The molecule has 0 aliphatic rings. The van der Waals surface area contributed by atoms with Crippen LogP contribution in [0, 0.1) is 0 Å². The van der Waals surface area contributed by atoms with Crippen molar-refractivity contribution in [2.45, 2.75) is 67.4 Å². The number of amides is 1. The van der Waals surface area contributed by atoms with Crippen LogP contribution in [0.2, 0.25) is 0 Å². The predicted octanol–water partition coefficient (Wildman–Crippen LogP) is 9.00. The number of methoxy groups -OCH3 is 1. The summed E-state index contributed by atoms with van der Waals surface area (Å²) in [7, 11) is -0.785. The van der Waals surface area contributed by atoms with Gasteiger partial charge in [-0.15, -0.1) is 0 Å². The molecule has 3 aromatic carbocycles. The first-order valence-electron chi connectivity index (χ1n) is 13.1. The summed E-state index contributed by atoms with van der Waals surface area (Å²) in [6.45, 7) is 8.42. The molecule has 41 heavy (non-hydrogen) atoms. The SMILES string of the molecule is CCC(CC(=O)NC(=Nc1cc(OC)cc(C(F)(F)F)c1)SC)OS(c1ccccc1)(c1ccccc1)C(C)(C)C. The van der Waals surface area contributed by atoms with Gasteiger partial charge in [-0.1, -0.05) is 65.4 Å². The van der Waals surface area contributed by atoms with E-state index in [2.05, 4.69) is 55.3 Å². The average molecular weight is 607 g/mol. The summed E-state index contributed by atoms with van der Waals surface area (Å²) in [6.07, 6.45) is -2.67. The maximum absolute atomic E-state index is 13.4. The van der Waals surface area contributed by atoms with Gasteiger partial charge in [-0.25, -0.2) is 4.99 Å². The summed E-state index contributed by atoms with van der Waals surface area (Å²) >= 11 is 1.13. The molecule has 0 heterocycles. The molecule has 1 amide bonds. The van der Waals surface area contributed by atoms with Crippen molar-refractivity contribution in [3.8, 4) is 5.75 Å². The third-order valence-corrected chi connectivity index (χ3v) is 11.0. The summed E-state index contributed by atoms with van der Waals surface area (Å²) in [4.78, 5) is 19.6. The Bertz CT molecular complexity index is 1290. The fourth-order valence-electron chi connectivity index (χ4n) is 4.32. The third kappa shape index (κ3) is 8.08. The summed E-state index contributed by atoms with van der Waals surface area (Å²) < 4.78 is 51.9. The van der Waals surface area contributed by atoms with Crippen molar-refractivity contribution >= 4 is 38.8 Å². The van der Waals surface area contributed by atoms with Gasteiger partial charge in [0.05, 0.1) is 30.9 Å². The number of amidine groups is 1. The quantitative estimate of drug-likeness (QED) is 0.195. The zero-order valence-corrected chi connectivity index (χ0v) is 25.8. The van der Waals surface area contributed by atoms with E-state index in [1.54, 1.807) is 6.26 Å². The topological polar surface area (TPSA) is 59.9 Å². The highest BCUT2D eigenvalue weighted by Crippen LogP contribution is 2.72. The number of nitrogens with one attached hydrogen (secondary N) is 1. The van der Waals surface area contributed by atoms with Crippen LogP contribution in [0.4, 0.5) is 18.9 Å². The Morgan fingerprint density at radius 1 is 0.976 bits per heavy atom. The lowest BCUT2D eigenvalue weighted by atomic mass is 10.2. The normalized spacial score (nSPS) is 13.9. The molecule has 0 spiro atoms. The van der Waals surface area contributed by atoms with E-state index in [1.165, 1.54) is 13.2 Å². The van der Waals surface area contributed by atoms with Crippen molar-refractivity contribution in [2.75, 3.05) is 13.4 Å². The van der Waals surface area contributed by atoms with Gasteiger partial charge in [0, 0.05) is 20.6 Å². The highest BCUT2D eigenvalue weighted by atomic mass is 32.3. The Labute approximate surface area is 246 Å². The Morgan fingerprint density at radius 2 is 1.54 bits per heavy atom. The maximum atomic E-state index is 13.4. The minimum absolute atomic E-state index is 0.0214. The fourth-order valence-corrected chi connectivity index (χ4v) is 8.62. The first-order valence-corrected chi connectivity index (χ1v) is 15.9. The van der Waals surface area contributed by atoms with E-state index in [0.29, 0.717) is 6.42 Å². The molecule has 0 saturated carbocycles. The number of hydrogen-bond acceptors (Lipinski definition) is 5. The van der Waals surface area contributed by atoms with E-state index in [0.717, 1.165) is 33.7 Å². The average Bonchev–Trinajstić information content (AvgIpc) is 2.94. The molecule has 1 atom stereocenters. The molecule has 3 rings (SSSR count). The molecule has 0 aliphatic heterocycles. The number of alkyl halides is 3. The minimum Gasteiger partial charge on any atom is -0.497 e. The second kappa shape index (κ2) is 13.8. The standard InChI is InChI=1S/C31H37F3N2O3S2/c1-7-24(39-41(30(2,3)4,26-14-10-8-11-15-26)27-16-12-9-13-17-27)21-28(37)36-29(40-6)35-23-18-22(31(32,33)34)19-25(20-23)38-5/h8-20,24H,7,21H2,1-6H3,(H,35,36,37). The number of halogens is 3. The van der Waals surface area contributed by atoms with E-state index < -0.39 is 28.2 Å². The van der Waals surface area contributed by atoms with Gasteiger partial charge in [-0.05, 0) is 69.8 Å². The molecule has 0 saturated heterocycles. The fraction of sp³-hybridized carbons (Fsp3) is 0.355.